The summed E-state index contributed by atoms with van der Waals surface area (Å²) in [5.41, 5.74) is 2.63. The third-order valence-electron chi connectivity index (χ3n) is 5.15. The zero-order valence-electron chi connectivity index (χ0n) is 15.5. The minimum Gasteiger partial charge on any atom is -0.391 e. The molecule has 0 spiro atoms. The lowest BCUT2D eigenvalue weighted by Gasteiger charge is -2.14. The van der Waals surface area contributed by atoms with E-state index in [1.54, 1.807) is 11.0 Å². The van der Waals surface area contributed by atoms with Gasteiger partial charge in [-0.1, -0.05) is 43.3 Å². The summed E-state index contributed by atoms with van der Waals surface area (Å²) in [6.07, 6.45) is 0.0541. The smallest absolute Gasteiger partial charge is 0.292 e. The lowest BCUT2D eigenvalue weighted by molar-refractivity contribution is 0.0723. The highest BCUT2D eigenvalue weighted by molar-refractivity contribution is 5.91. The molecule has 3 heterocycles. The Morgan fingerprint density at radius 1 is 1.26 bits per heavy atom. The van der Waals surface area contributed by atoms with Crippen LogP contribution in [0.2, 0.25) is 0 Å². The first-order valence-electron chi connectivity index (χ1n) is 9.30. The number of carbonyl (C=O) groups excluding carboxylic acids is 1. The van der Waals surface area contributed by atoms with Crippen molar-refractivity contribution in [3.8, 4) is 0 Å². The number of aliphatic hydroxyl groups is 1. The first-order chi connectivity index (χ1) is 13.0. The average molecular weight is 365 g/mol. The number of fused-ring (bicyclic) bond motifs is 1. The highest BCUT2D eigenvalue weighted by Gasteiger charge is 2.36. The third kappa shape index (κ3) is 3.57. The Morgan fingerprint density at radius 2 is 2.07 bits per heavy atom. The van der Waals surface area contributed by atoms with Gasteiger partial charge in [0.05, 0.1) is 17.3 Å². The van der Waals surface area contributed by atoms with E-state index in [9.17, 15) is 9.90 Å². The van der Waals surface area contributed by atoms with Crippen LogP contribution < -0.4 is 0 Å². The molecule has 1 fully saturated rings. The number of hydrogen-bond donors (Lipinski definition) is 1. The van der Waals surface area contributed by atoms with Crippen molar-refractivity contribution in [2.24, 2.45) is 5.92 Å². The van der Waals surface area contributed by atoms with Crippen LogP contribution in [-0.4, -0.2) is 45.2 Å². The van der Waals surface area contributed by atoms with Gasteiger partial charge in [-0.3, -0.25) is 9.78 Å². The van der Waals surface area contributed by atoms with Crippen LogP contribution in [0.4, 0.5) is 0 Å². The zero-order chi connectivity index (χ0) is 19.0. The molecule has 4 rings (SSSR count). The summed E-state index contributed by atoms with van der Waals surface area (Å²) in [5, 5.41) is 15.5. The third-order valence-corrected chi connectivity index (χ3v) is 5.15. The van der Waals surface area contributed by atoms with Crippen molar-refractivity contribution in [3.05, 3.63) is 59.6 Å². The number of carbonyl (C=O) groups is 1. The van der Waals surface area contributed by atoms with Crippen LogP contribution in [0.15, 0.2) is 47.0 Å². The molecule has 1 amide bonds. The van der Waals surface area contributed by atoms with E-state index in [1.165, 1.54) is 0 Å². The second-order valence-corrected chi connectivity index (χ2v) is 7.51. The van der Waals surface area contributed by atoms with Crippen LogP contribution in [0.3, 0.4) is 0 Å². The second kappa shape index (κ2) is 7.12. The van der Waals surface area contributed by atoms with Gasteiger partial charge >= 0.3 is 0 Å². The largest absolute Gasteiger partial charge is 0.391 e. The molecule has 1 aliphatic rings. The van der Waals surface area contributed by atoms with Gasteiger partial charge < -0.3 is 14.5 Å². The van der Waals surface area contributed by atoms with Gasteiger partial charge in [-0.2, -0.15) is 0 Å². The van der Waals surface area contributed by atoms with Crippen molar-refractivity contribution in [2.45, 2.75) is 32.3 Å². The fourth-order valence-corrected chi connectivity index (χ4v) is 3.53. The highest BCUT2D eigenvalue weighted by atomic mass is 16.5. The second-order valence-electron chi connectivity index (χ2n) is 7.51. The monoisotopic (exact) mass is 365 g/mol. The van der Waals surface area contributed by atoms with E-state index in [1.807, 2.05) is 50.2 Å². The maximum Gasteiger partial charge on any atom is 0.292 e. The molecular weight excluding hydrogens is 342 g/mol. The van der Waals surface area contributed by atoms with Gasteiger partial charge in [0.2, 0.25) is 5.76 Å². The molecule has 27 heavy (non-hydrogen) atoms. The number of rotatable bonds is 4. The molecule has 1 saturated heterocycles. The molecule has 2 atom stereocenters. The standard InChI is InChI=1S/C21H23N3O3/c1-13(2)18-10-20(27-23-18)21(26)24-11-15(19(25)12-24)9-16-8-7-14-5-3-4-6-17(14)22-16/h3-8,10,13,15,19,25H,9,11-12H2,1-2H3/t15-,19-/m1/s1. The van der Waals surface area contributed by atoms with E-state index in [0.29, 0.717) is 19.5 Å². The number of amides is 1. The Bertz CT molecular complexity index is 966. The molecule has 0 saturated carbocycles. The number of benzene rings is 1. The predicted octanol–water partition coefficient (Wildman–Crippen LogP) is 3.02. The van der Waals surface area contributed by atoms with Crippen LogP contribution in [-0.2, 0) is 6.42 Å². The summed E-state index contributed by atoms with van der Waals surface area (Å²) in [6.45, 7) is 4.78. The number of pyridine rings is 1. The van der Waals surface area contributed by atoms with Crippen LogP contribution in [0, 0.1) is 5.92 Å². The van der Waals surface area contributed by atoms with Gasteiger partial charge in [-0.25, -0.2) is 0 Å². The van der Waals surface area contributed by atoms with E-state index >= 15 is 0 Å². The van der Waals surface area contributed by atoms with Crippen LogP contribution in [0.25, 0.3) is 10.9 Å². The number of likely N-dealkylation sites (tertiary alicyclic amines) is 1. The van der Waals surface area contributed by atoms with Crippen LogP contribution >= 0.6 is 0 Å². The van der Waals surface area contributed by atoms with Crippen molar-refractivity contribution < 1.29 is 14.4 Å². The molecule has 2 aromatic heterocycles. The van der Waals surface area contributed by atoms with Gasteiger partial charge in [0, 0.05) is 36.2 Å². The Balaban J connectivity index is 1.46. The van der Waals surface area contributed by atoms with E-state index in [0.717, 1.165) is 22.3 Å². The average Bonchev–Trinajstić information content (AvgIpc) is 3.29. The number of para-hydroxylation sites is 1. The molecule has 6 nitrogen and oxygen atoms in total. The molecule has 0 aliphatic carbocycles. The lowest BCUT2D eigenvalue weighted by atomic mass is 9.99. The number of β-amino-alcohol motifs (C(OH)–C–C–N with tert-alkyl or cyclic N) is 1. The van der Waals surface area contributed by atoms with Crippen LogP contribution in [0.1, 0.15) is 41.7 Å². The van der Waals surface area contributed by atoms with Crippen molar-refractivity contribution in [2.75, 3.05) is 13.1 Å². The van der Waals surface area contributed by atoms with Gasteiger partial charge in [0.25, 0.3) is 5.91 Å². The number of hydrogen-bond acceptors (Lipinski definition) is 5. The van der Waals surface area contributed by atoms with Gasteiger partial charge in [-0.15, -0.1) is 0 Å². The summed E-state index contributed by atoms with van der Waals surface area (Å²) in [7, 11) is 0. The molecule has 0 unspecified atom stereocenters. The molecule has 1 aliphatic heterocycles. The normalized spacial score (nSPS) is 19.9. The molecular formula is C21H23N3O3. The van der Waals surface area contributed by atoms with Crippen molar-refractivity contribution in [1.29, 1.82) is 0 Å². The number of nitrogens with zero attached hydrogens (tertiary/aromatic N) is 3. The minimum absolute atomic E-state index is 0.0462. The molecule has 0 bridgehead atoms. The Labute approximate surface area is 157 Å². The Morgan fingerprint density at radius 3 is 2.85 bits per heavy atom. The Hall–Kier alpha value is -2.73. The van der Waals surface area contributed by atoms with Crippen molar-refractivity contribution >= 4 is 16.8 Å². The summed E-state index contributed by atoms with van der Waals surface area (Å²) in [5.74, 6) is 0.166. The SMILES string of the molecule is CC(C)c1cc(C(=O)N2C[C@@H](Cc3ccc4ccccc4n3)[C@H](O)C2)on1. The maximum absolute atomic E-state index is 12.7. The van der Waals surface area contributed by atoms with Gasteiger partial charge in [0.1, 0.15) is 0 Å². The van der Waals surface area contributed by atoms with Gasteiger partial charge in [0.15, 0.2) is 0 Å². The molecule has 1 N–H and O–H groups in total. The molecule has 3 aromatic rings. The zero-order valence-corrected chi connectivity index (χ0v) is 15.5. The predicted molar refractivity (Wildman–Crippen MR) is 101 cm³/mol. The minimum atomic E-state index is -0.574. The van der Waals surface area contributed by atoms with E-state index < -0.39 is 6.10 Å². The van der Waals surface area contributed by atoms with Crippen molar-refractivity contribution in [1.82, 2.24) is 15.0 Å². The first kappa shape index (κ1) is 17.7. The summed E-state index contributed by atoms with van der Waals surface area (Å²) in [6, 6.07) is 13.7. The number of aromatic nitrogens is 2. The highest BCUT2D eigenvalue weighted by Crippen LogP contribution is 2.24. The molecule has 6 heteroatoms. The molecule has 0 radical (unpaired) electrons. The topological polar surface area (TPSA) is 79.5 Å². The van der Waals surface area contributed by atoms with E-state index in [4.69, 9.17) is 4.52 Å². The molecule has 1 aromatic carbocycles. The lowest BCUT2D eigenvalue weighted by Crippen LogP contribution is -2.29. The maximum atomic E-state index is 12.7. The van der Waals surface area contributed by atoms with Crippen LogP contribution in [0.5, 0.6) is 0 Å². The summed E-state index contributed by atoms with van der Waals surface area (Å²) >= 11 is 0. The fraction of sp³-hybridized carbons (Fsp3) is 0.381. The summed E-state index contributed by atoms with van der Waals surface area (Å²) < 4.78 is 5.20. The fourth-order valence-electron chi connectivity index (χ4n) is 3.53. The quantitative estimate of drug-likeness (QED) is 0.769. The van der Waals surface area contributed by atoms with E-state index in [-0.39, 0.29) is 23.5 Å². The number of aliphatic hydroxyl groups excluding tert-OH is 1. The van der Waals surface area contributed by atoms with E-state index in [2.05, 4.69) is 10.1 Å². The van der Waals surface area contributed by atoms with Gasteiger partial charge in [-0.05, 0) is 24.5 Å². The first-order valence-corrected chi connectivity index (χ1v) is 9.30. The molecule has 140 valence electrons. The summed E-state index contributed by atoms with van der Waals surface area (Å²) in [4.78, 5) is 19.0. The Kier molecular flexibility index (Phi) is 4.66. The van der Waals surface area contributed by atoms with Crippen molar-refractivity contribution in [3.63, 3.8) is 0 Å².